The fraction of sp³-hybridized carbons (Fsp3) is 0.250. The molecule has 1 saturated heterocycles. The summed E-state index contributed by atoms with van der Waals surface area (Å²) in [6.45, 7) is 1.42. The molecular weight excluding hydrogens is 232 g/mol. The van der Waals surface area contributed by atoms with E-state index in [2.05, 4.69) is 10.4 Å². The molecule has 2 rings (SSSR count). The summed E-state index contributed by atoms with van der Waals surface area (Å²) in [5.74, 6) is 0.0185. The molecule has 0 saturated carbocycles. The van der Waals surface area contributed by atoms with Gasteiger partial charge in [0.05, 0.1) is 18.8 Å². The van der Waals surface area contributed by atoms with E-state index in [9.17, 15) is 10.1 Å². The Morgan fingerprint density at radius 2 is 2.50 bits per heavy atom. The van der Waals surface area contributed by atoms with Gasteiger partial charge in [0, 0.05) is 6.54 Å². The highest BCUT2D eigenvalue weighted by atomic mass is 32.1. The first kappa shape index (κ1) is 10.6. The van der Waals surface area contributed by atoms with E-state index < -0.39 is 4.92 Å². The maximum Gasteiger partial charge on any atom is 0.433 e. The van der Waals surface area contributed by atoms with Crippen LogP contribution in [0.4, 0.5) is 5.88 Å². The zero-order chi connectivity index (χ0) is 11.5. The van der Waals surface area contributed by atoms with Crippen LogP contribution in [0.25, 0.3) is 0 Å². The summed E-state index contributed by atoms with van der Waals surface area (Å²) in [6.07, 6.45) is 1.40. The predicted octanol–water partition coefficient (Wildman–Crippen LogP) is 0.712. The van der Waals surface area contributed by atoms with Gasteiger partial charge in [-0.15, -0.1) is 0 Å². The molecule has 0 atom stereocenters. The fourth-order valence-corrected chi connectivity index (χ4v) is 1.45. The van der Waals surface area contributed by atoms with E-state index >= 15 is 0 Å². The number of hydrazone groups is 1. The van der Waals surface area contributed by atoms with Crippen LogP contribution in [0.3, 0.4) is 0 Å². The lowest BCUT2D eigenvalue weighted by Crippen LogP contribution is -2.22. The molecule has 1 fully saturated rings. The third-order valence-corrected chi connectivity index (χ3v) is 2.31. The Bertz CT molecular complexity index is 456. The number of furan rings is 1. The van der Waals surface area contributed by atoms with Crippen LogP contribution in [0.15, 0.2) is 21.7 Å². The lowest BCUT2D eigenvalue weighted by molar-refractivity contribution is -0.402. The molecule has 1 aromatic heterocycles. The quantitative estimate of drug-likeness (QED) is 0.362. The maximum absolute atomic E-state index is 10.4. The smallest absolute Gasteiger partial charge is 0.400 e. The number of nitrogens with zero attached hydrogens (tertiary/aromatic N) is 3. The van der Waals surface area contributed by atoms with E-state index in [1.807, 2.05) is 0 Å². The summed E-state index contributed by atoms with van der Waals surface area (Å²) in [7, 11) is 0. The minimum atomic E-state index is -0.598. The zero-order valence-corrected chi connectivity index (χ0v) is 8.94. The third-order valence-electron chi connectivity index (χ3n) is 1.95. The predicted molar refractivity (Wildman–Crippen MR) is 60.3 cm³/mol. The SMILES string of the molecule is O=[N+]([O-])c1ccc(C=NN2CCNC2=S)o1. The highest BCUT2D eigenvalue weighted by Crippen LogP contribution is 2.14. The van der Waals surface area contributed by atoms with Crippen molar-refractivity contribution in [2.75, 3.05) is 13.1 Å². The summed E-state index contributed by atoms with van der Waals surface area (Å²) in [5, 5.41) is 19.4. The average molecular weight is 240 g/mol. The van der Waals surface area contributed by atoms with Gasteiger partial charge in [-0.05, 0) is 18.3 Å². The molecule has 1 aliphatic rings. The minimum Gasteiger partial charge on any atom is -0.400 e. The molecule has 0 spiro atoms. The molecule has 0 amide bonds. The van der Waals surface area contributed by atoms with Gasteiger partial charge in [-0.25, -0.2) is 5.01 Å². The summed E-state index contributed by atoms with van der Waals surface area (Å²) in [4.78, 5) is 9.76. The second-order valence-electron chi connectivity index (χ2n) is 3.03. The van der Waals surface area contributed by atoms with Crippen molar-refractivity contribution in [2.24, 2.45) is 5.10 Å². The van der Waals surface area contributed by atoms with Gasteiger partial charge in [0.15, 0.2) is 10.9 Å². The lowest BCUT2D eigenvalue weighted by atomic mass is 10.5. The van der Waals surface area contributed by atoms with Gasteiger partial charge >= 0.3 is 5.88 Å². The summed E-state index contributed by atoms with van der Waals surface area (Å²) >= 11 is 4.96. The molecule has 1 N–H and O–H groups in total. The Morgan fingerprint density at radius 3 is 3.06 bits per heavy atom. The van der Waals surface area contributed by atoms with Crippen LogP contribution in [0.2, 0.25) is 0 Å². The van der Waals surface area contributed by atoms with Crippen LogP contribution in [0.1, 0.15) is 5.76 Å². The van der Waals surface area contributed by atoms with Gasteiger partial charge in [0.2, 0.25) is 0 Å². The van der Waals surface area contributed by atoms with Crippen LogP contribution in [-0.4, -0.2) is 34.3 Å². The van der Waals surface area contributed by atoms with Crippen molar-refractivity contribution in [1.29, 1.82) is 0 Å². The lowest BCUT2D eigenvalue weighted by Gasteiger charge is -2.06. The highest BCUT2D eigenvalue weighted by Gasteiger charge is 2.15. The Morgan fingerprint density at radius 1 is 1.69 bits per heavy atom. The van der Waals surface area contributed by atoms with Crippen molar-refractivity contribution in [3.05, 3.63) is 28.0 Å². The van der Waals surface area contributed by atoms with Crippen LogP contribution < -0.4 is 5.32 Å². The number of hydrogen-bond acceptors (Lipinski definition) is 5. The van der Waals surface area contributed by atoms with E-state index in [1.54, 1.807) is 5.01 Å². The van der Waals surface area contributed by atoms with E-state index in [0.29, 0.717) is 17.4 Å². The zero-order valence-electron chi connectivity index (χ0n) is 8.12. The van der Waals surface area contributed by atoms with Gasteiger partial charge < -0.3 is 9.73 Å². The number of rotatable bonds is 3. The standard InChI is InChI=1S/C8H8N4O3S/c13-12(14)7-2-1-6(15-7)5-10-11-4-3-9-8(11)16/h1-2,5H,3-4H2,(H,9,16). The van der Waals surface area contributed by atoms with E-state index in [4.69, 9.17) is 16.6 Å². The summed E-state index contributed by atoms with van der Waals surface area (Å²) < 4.78 is 4.90. The van der Waals surface area contributed by atoms with Crippen molar-refractivity contribution < 1.29 is 9.34 Å². The molecule has 2 heterocycles. The molecule has 1 aliphatic heterocycles. The van der Waals surface area contributed by atoms with Crippen LogP contribution in [-0.2, 0) is 0 Å². The molecule has 1 aromatic rings. The largest absolute Gasteiger partial charge is 0.433 e. The van der Waals surface area contributed by atoms with Crippen molar-refractivity contribution >= 4 is 29.4 Å². The molecule has 84 valence electrons. The van der Waals surface area contributed by atoms with Crippen molar-refractivity contribution in [2.45, 2.75) is 0 Å². The average Bonchev–Trinajstić information content (AvgIpc) is 2.83. The van der Waals surface area contributed by atoms with Crippen molar-refractivity contribution in [1.82, 2.24) is 10.3 Å². The van der Waals surface area contributed by atoms with E-state index in [0.717, 1.165) is 6.54 Å². The number of thiocarbonyl (C=S) groups is 1. The molecule has 8 heteroatoms. The third kappa shape index (κ3) is 2.16. The Labute approximate surface area is 95.9 Å². The second-order valence-corrected chi connectivity index (χ2v) is 3.42. The Balaban J connectivity index is 2.05. The first-order chi connectivity index (χ1) is 7.66. The molecule has 7 nitrogen and oxygen atoms in total. The molecule has 16 heavy (non-hydrogen) atoms. The molecule has 0 aliphatic carbocycles. The van der Waals surface area contributed by atoms with Crippen LogP contribution in [0.5, 0.6) is 0 Å². The molecular formula is C8H8N4O3S. The van der Waals surface area contributed by atoms with Crippen molar-refractivity contribution in [3.63, 3.8) is 0 Å². The van der Waals surface area contributed by atoms with Crippen LogP contribution >= 0.6 is 12.2 Å². The van der Waals surface area contributed by atoms with Gasteiger partial charge in [0.25, 0.3) is 0 Å². The van der Waals surface area contributed by atoms with E-state index in [1.165, 1.54) is 18.3 Å². The molecule has 0 aromatic carbocycles. The van der Waals surface area contributed by atoms with Crippen LogP contribution in [0, 0.1) is 10.1 Å². The number of nitrogens with one attached hydrogen (secondary N) is 1. The topological polar surface area (TPSA) is 83.9 Å². The van der Waals surface area contributed by atoms with Gasteiger partial charge in [-0.1, -0.05) is 0 Å². The van der Waals surface area contributed by atoms with Crippen molar-refractivity contribution in [3.8, 4) is 0 Å². The van der Waals surface area contributed by atoms with Gasteiger partial charge in [0.1, 0.15) is 4.92 Å². The first-order valence-corrected chi connectivity index (χ1v) is 4.91. The normalized spacial score (nSPS) is 15.8. The maximum atomic E-state index is 10.4. The summed E-state index contributed by atoms with van der Waals surface area (Å²) in [6, 6.07) is 2.76. The minimum absolute atomic E-state index is 0.302. The fourth-order valence-electron chi connectivity index (χ4n) is 1.21. The monoisotopic (exact) mass is 240 g/mol. The van der Waals surface area contributed by atoms with Gasteiger partial charge in [-0.2, -0.15) is 5.10 Å². The summed E-state index contributed by atoms with van der Waals surface area (Å²) in [5.41, 5.74) is 0. The Kier molecular flexibility index (Phi) is 2.82. The Hall–Kier alpha value is -1.96. The molecule has 0 unspecified atom stereocenters. The van der Waals surface area contributed by atoms with E-state index in [-0.39, 0.29) is 5.88 Å². The number of hydrogen-bond donors (Lipinski definition) is 1. The first-order valence-electron chi connectivity index (χ1n) is 4.50. The second kappa shape index (κ2) is 4.27. The highest BCUT2D eigenvalue weighted by molar-refractivity contribution is 7.80. The number of nitro groups is 1. The molecule has 0 bridgehead atoms. The van der Waals surface area contributed by atoms with Gasteiger partial charge in [-0.3, -0.25) is 10.1 Å². The molecule has 0 radical (unpaired) electrons.